The van der Waals surface area contributed by atoms with Gasteiger partial charge in [0, 0.05) is 17.1 Å². The van der Waals surface area contributed by atoms with Crippen LogP contribution < -0.4 is 4.90 Å². The van der Waals surface area contributed by atoms with E-state index in [-0.39, 0.29) is 0 Å². The van der Waals surface area contributed by atoms with Gasteiger partial charge >= 0.3 is 0 Å². The molecule has 10 rings (SSSR count). The second kappa shape index (κ2) is 14.0. The minimum absolute atomic E-state index is 1.10. The van der Waals surface area contributed by atoms with Crippen LogP contribution >= 0.6 is 0 Å². The summed E-state index contributed by atoms with van der Waals surface area (Å²) in [7, 11) is 0. The Kier molecular flexibility index (Phi) is 8.24. The van der Waals surface area contributed by atoms with E-state index in [9.17, 15) is 0 Å². The number of nitrogens with zero attached hydrogens (tertiary/aromatic N) is 1. The van der Waals surface area contributed by atoms with E-state index in [1.807, 2.05) is 0 Å². The van der Waals surface area contributed by atoms with Crippen molar-refractivity contribution in [1.82, 2.24) is 0 Å². The molecule has 0 aromatic heterocycles. The molecule has 0 fully saturated rings. The quantitative estimate of drug-likeness (QED) is 0.150. The van der Waals surface area contributed by atoms with Crippen molar-refractivity contribution in [2.24, 2.45) is 0 Å². The average molecular weight is 700 g/mol. The first-order valence-corrected chi connectivity index (χ1v) is 18.9. The molecule has 0 N–H and O–H groups in total. The largest absolute Gasteiger partial charge is 0.310 e. The zero-order valence-electron chi connectivity index (χ0n) is 30.3. The highest BCUT2D eigenvalue weighted by atomic mass is 15.1. The molecule has 1 heteroatoms. The lowest BCUT2D eigenvalue weighted by atomic mass is 9.90. The lowest BCUT2D eigenvalue weighted by molar-refractivity contribution is 1.28. The number of fused-ring (bicyclic) bond motifs is 6. The third-order valence-corrected chi connectivity index (χ3v) is 10.8. The molecule has 0 saturated carbocycles. The maximum Gasteiger partial charge on any atom is 0.0473 e. The summed E-state index contributed by atoms with van der Waals surface area (Å²) in [6.45, 7) is 0. The van der Waals surface area contributed by atoms with Crippen molar-refractivity contribution in [2.45, 2.75) is 0 Å². The van der Waals surface area contributed by atoms with Gasteiger partial charge < -0.3 is 4.90 Å². The number of hydrogen-bond acceptors (Lipinski definition) is 1. The number of rotatable bonds is 7. The Labute approximate surface area is 322 Å². The van der Waals surface area contributed by atoms with Crippen LogP contribution in [0.4, 0.5) is 17.1 Å². The summed E-state index contributed by atoms with van der Waals surface area (Å²) >= 11 is 0. The Hall–Kier alpha value is -7.22. The molecule has 0 bridgehead atoms. The molecule has 10 aromatic carbocycles. The van der Waals surface area contributed by atoms with E-state index >= 15 is 0 Å². The Morgan fingerprint density at radius 2 is 0.509 bits per heavy atom. The highest BCUT2D eigenvalue weighted by Gasteiger charge is 2.17. The summed E-state index contributed by atoms with van der Waals surface area (Å²) in [5.74, 6) is 0. The Bertz CT molecular complexity index is 2820. The van der Waals surface area contributed by atoms with E-state index in [1.54, 1.807) is 0 Å². The van der Waals surface area contributed by atoms with E-state index in [2.05, 4.69) is 229 Å². The number of benzene rings is 10. The molecule has 258 valence electrons. The molecule has 0 aliphatic carbocycles. The third-order valence-electron chi connectivity index (χ3n) is 10.8. The average Bonchev–Trinajstić information content (AvgIpc) is 3.27. The zero-order valence-corrected chi connectivity index (χ0v) is 30.3. The molecule has 0 heterocycles. The fraction of sp³-hybridized carbons (Fsp3) is 0. The van der Waals surface area contributed by atoms with Crippen molar-refractivity contribution < 1.29 is 0 Å². The minimum atomic E-state index is 1.10. The maximum absolute atomic E-state index is 2.40. The molecule has 0 radical (unpaired) electrons. The van der Waals surface area contributed by atoms with E-state index in [0.29, 0.717) is 0 Å². The van der Waals surface area contributed by atoms with E-state index in [1.165, 1.54) is 65.7 Å². The topological polar surface area (TPSA) is 3.24 Å². The summed E-state index contributed by atoms with van der Waals surface area (Å²) in [5.41, 5.74) is 12.8. The highest BCUT2D eigenvalue weighted by Crippen LogP contribution is 2.43. The Morgan fingerprint density at radius 1 is 0.182 bits per heavy atom. The number of anilines is 3. The van der Waals surface area contributed by atoms with Crippen LogP contribution in [0.25, 0.3) is 76.8 Å². The van der Waals surface area contributed by atoms with Gasteiger partial charge in [-0.3, -0.25) is 0 Å². The van der Waals surface area contributed by atoms with Gasteiger partial charge in [0.25, 0.3) is 0 Å². The van der Waals surface area contributed by atoms with Crippen molar-refractivity contribution in [3.05, 3.63) is 224 Å². The Morgan fingerprint density at radius 3 is 0.964 bits per heavy atom. The van der Waals surface area contributed by atoms with Crippen LogP contribution in [0.1, 0.15) is 0 Å². The van der Waals surface area contributed by atoms with Gasteiger partial charge in [-0.05, 0) is 144 Å². The van der Waals surface area contributed by atoms with Crippen molar-refractivity contribution in [1.29, 1.82) is 0 Å². The second-order valence-corrected chi connectivity index (χ2v) is 14.2. The first kappa shape index (κ1) is 32.4. The fourth-order valence-corrected chi connectivity index (χ4v) is 8.15. The first-order chi connectivity index (χ1) is 27.3. The van der Waals surface area contributed by atoms with E-state index < -0.39 is 0 Å². The standard InChI is InChI=1S/C54H37N/c1-5-17-38(18-6-1)41-31-42(39-19-7-2-8-20-39)33-43(32-41)45-34-44(35-48(36-45)55(46-21-9-3-10-22-46)47-23-11-4-12-24-47)40-29-30-53-51-27-14-13-25-49(51)50-26-15-16-28-52(50)54(53)37-40/h1-37H. The van der Waals surface area contributed by atoms with Crippen LogP contribution in [0.2, 0.25) is 0 Å². The summed E-state index contributed by atoms with van der Waals surface area (Å²) in [5, 5.41) is 7.65. The maximum atomic E-state index is 2.40. The highest BCUT2D eigenvalue weighted by molar-refractivity contribution is 6.25. The Balaban J connectivity index is 1.25. The molecule has 55 heavy (non-hydrogen) atoms. The van der Waals surface area contributed by atoms with Crippen LogP contribution in [0.3, 0.4) is 0 Å². The molecule has 0 saturated heterocycles. The van der Waals surface area contributed by atoms with Gasteiger partial charge in [0.15, 0.2) is 0 Å². The third kappa shape index (κ3) is 6.12. The molecular weight excluding hydrogens is 663 g/mol. The minimum Gasteiger partial charge on any atom is -0.310 e. The van der Waals surface area contributed by atoms with Gasteiger partial charge in [-0.25, -0.2) is 0 Å². The molecule has 10 aromatic rings. The molecule has 0 aliphatic rings. The number of para-hydroxylation sites is 2. The second-order valence-electron chi connectivity index (χ2n) is 14.2. The molecular formula is C54H37N. The molecule has 0 atom stereocenters. The van der Waals surface area contributed by atoms with Gasteiger partial charge in [-0.1, -0.05) is 158 Å². The summed E-state index contributed by atoms with van der Waals surface area (Å²) in [6, 6.07) is 81.6. The molecule has 0 unspecified atom stereocenters. The van der Waals surface area contributed by atoms with Gasteiger partial charge in [-0.2, -0.15) is 0 Å². The zero-order chi connectivity index (χ0) is 36.6. The van der Waals surface area contributed by atoms with Crippen molar-refractivity contribution in [2.75, 3.05) is 4.90 Å². The van der Waals surface area contributed by atoms with Crippen LogP contribution in [0.5, 0.6) is 0 Å². The van der Waals surface area contributed by atoms with Crippen LogP contribution in [-0.2, 0) is 0 Å². The number of hydrogen-bond donors (Lipinski definition) is 0. The van der Waals surface area contributed by atoms with Gasteiger partial charge in [0.1, 0.15) is 0 Å². The fourth-order valence-electron chi connectivity index (χ4n) is 8.15. The summed E-state index contributed by atoms with van der Waals surface area (Å²) in [4.78, 5) is 2.37. The molecule has 1 nitrogen and oxygen atoms in total. The smallest absolute Gasteiger partial charge is 0.0473 e. The summed E-state index contributed by atoms with van der Waals surface area (Å²) in [6.07, 6.45) is 0. The molecule has 0 aliphatic heterocycles. The van der Waals surface area contributed by atoms with Crippen molar-refractivity contribution in [3.8, 4) is 44.5 Å². The predicted molar refractivity (Wildman–Crippen MR) is 235 cm³/mol. The predicted octanol–water partition coefficient (Wildman–Crippen LogP) is 15.3. The summed E-state index contributed by atoms with van der Waals surface area (Å²) < 4.78 is 0. The molecule has 0 spiro atoms. The van der Waals surface area contributed by atoms with Gasteiger partial charge in [-0.15, -0.1) is 0 Å². The van der Waals surface area contributed by atoms with Crippen LogP contribution in [-0.4, -0.2) is 0 Å². The first-order valence-electron chi connectivity index (χ1n) is 18.9. The van der Waals surface area contributed by atoms with Crippen molar-refractivity contribution in [3.63, 3.8) is 0 Å². The lowest BCUT2D eigenvalue weighted by Gasteiger charge is -2.27. The SMILES string of the molecule is c1ccc(-c2cc(-c3ccccc3)cc(-c3cc(-c4ccc5c6ccccc6c6ccccc6c5c4)cc(N(c4ccccc4)c4ccccc4)c3)c2)cc1. The van der Waals surface area contributed by atoms with Gasteiger partial charge in [0.2, 0.25) is 0 Å². The lowest BCUT2D eigenvalue weighted by Crippen LogP contribution is -2.10. The van der Waals surface area contributed by atoms with Crippen LogP contribution in [0.15, 0.2) is 224 Å². The van der Waals surface area contributed by atoms with Crippen molar-refractivity contribution >= 4 is 49.4 Å². The van der Waals surface area contributed by atoms with Crippen LogP contribution in [0, 0.1) is 0 Å². The normalized spacial score (nSPS) is 11.3. The monoisotopic (exact) mass is 699 g/mol. The van der Waals surface area contributed by atoms with E-state index in [0.717, 1.165) is 28.2 Å². The molecule has 0 amide bonds. The van der Waals surface area contributed by atoms with E-state index in [4.69, 9.17) is 0 Å². The van der Waals surface area contributed by atoms with Gasteiger partial charge in [0.05, 0.1) is 0 Å².